The van der Waals surface area contributed by atoms with E-state index in [1.807, 2.05) is 51.1 Å². The summed E-state index contributed by atoms with van der Waals surface area (Å²) in [5.41, 5.74) is -0.591. The lowest BCUT2D eigenvalue weighted by atomic mass is 9.93. The van der Waals surface area contributed by atoms with Gasteiger partial charge >= 0.3 is 5.97 Å². The molecule has 19 nitrogen and oxygen atoms in total. The minimum Gasteiger partial charge on any atom is -0.450 e. The van der Waals surface area contributed by atoms with Crippen molar-refractivity contribution in [2.75, 3.05) is 34.7 Å². The predicted octanol–water partition coefficient (Wildman–Crippen LogP) is 5.13. The fourth-order valence-corrected chi connectivity index (χ4v) is 11.5. The fourth-order valence-electron chi connectivity index (χ4n) is 11.0. The van der Waals surface area contributed by atoms with Crippen LogP contribution in [0.3, 0.4) is 0 Å². The van der Waals surface area contributed by atoms with E-state index in [1.54, 1.807) is 72.7 Å². The maximum absolute atomic E-state index is 15.4. The van der Waals surface area contributed by atoms with Gasteiger partial charge in [-0.2, -0.15) is 0 Å². The number of benzene rings is 2. The standard InChI is InChI=1S/C60H91BrN8O11/c1-17-37(9)46-57(76)66(14)47(35(5)6)52(71)62-42(30-34(3)4)55(74)68(16)50(60(11,12)79)59(78)80-49(38(10)18-2)58(77)67(15)48(36(7)8)53(72)63-43(32-39-24-20-19-21-25-39)54(73)65(13)45(33-40-26-22-27-41(61)31-40)56(75)69-29-23-28-44(69)51(70)64-46/h19-22,24-27,31,34-38,42-50,79H,17-18,23,28-30,32-33H2,1-16H3,(H,62,71)(H,63,72)(H,64,70)/t37?,38?,42-,43-,44-,45-,46-,47-,48-,49+,50+/m0/s1. The van der Waals surface area contributed by atoms with Crippen molar-refractivity contribution in [3.8, 4) is 0 Å². The van der Waals surface area contributed by atoms with Gasteiger partial charge in [0.05, 0.1) is 5.60 Å². The highest BCUT2D eigenvalue weighted by Gasteiger charge is 2.48. The van der Waals surface area contributed by atoms with Crippen LogP contribution in [0.4, 0.5) is 0 Å². The van der Waals surface area contributed by atoms with Crippen molar-refractivity contribution in [1.82, 2.24) is 40.4 Å². The van der Waals surface area contributed by atoms with Crippen molar-refractivity contribution in [1.29, 1.82) is 0 Å². The Kier molecular flexibility index (Phi) is 24.3. The Hall–Kier alpha value is -5.89. The number of halogens is 1. The van der Waals surface area contributed by atoms with Gasteiger partial charge in [-0.25, -0.2) is 4.79 Å². The van der Waals surface area contributed by atoms with E-state index in [4.69, 9.17) is 4.74 Å². The smallest absolute Gasteiger partial charge is 0.332 e. The maximum Gasteiger partial charge on any atom is 0.332 e. The molecule has 0 bridgehead atoms. The SMILES string of the molecule is CCC(C)[C@@H]1NC(=O)[C@@H]2CCCN2C(=O)[C@H](Cc2cccc(Br)c2)N(C)C(=O)[C@H](Cc2ccccc2)NC(=O)[C@H](C(C)C)N(C)C(=O)[C@@H](C(C)CC)OC(=O)[C@H](C(C)(C)O)N(C)C(=O)[C@H](CC(C)C)NC(=O)[C@H](C(C)C)N(C)C1=O. The van der Waals surface area contributed by atoms with Crippen LogP contribution in [0.2, 0.25) is 0 Å². The van der Waals surface area contributed by atoms with Gasteiger partial charge in [0.1, 0.15) is 42.3 Å². The molecular formula is C60H91BrN8O11. The van der Waals surface area contributed by atoms with Gasteiger partial charge in [0, 0.05) is 58.0 Å². The van der Waals surface area contributed by atoms with Gasteiger partial charge in [0.25, 0.3) is 5.91 Å². The highest BCUT2D eigenvalue weighted by Crippen LogP contribution is 2.28. The maximum atomic E-state index is 15.4. The third-order valence-corrected chi connectivity index (χ3v) is 16.4. The first kappa shape index (κ1) is 66.6. The molecule has 11 atom stereocenters. The number of nitrogens with zero attached hydrogens (tertiary/aromatic N) is 5. The lowest BCUT2D eigenvalue weighted by Gasteiger charge is -2.39. The second-order valence-corrected chi connectivity index (χ2v) is 24.7. The molecular weight excluding hydrogens is 1090 g/mol. The minimum absolute atomic E-state index is 0.0151. The molecule has 8 amide bonds. The van der Waals surface area contributed by atoms with E-state index in [-0.39, 0.29) is 38.1 Å². The van der Waals surface area contributed by atoms with Gasteiger partial charge in [-0.15, -0.1) is 0 Å². The molecule has 2 aromatic carbocycles. The Morgan fingerprint density at radius 1 is 0.625 bits per heavy atom. The largest absolute Gasteiger partial charge is 0.450 e. The van der Waals surface area contributed by atoms with Gasteiger partial charge in [-0.3, -0.25) is 38.4 Å². The first-order chi connectivity index (χ1) is 37.4. The zero-order chi connectivity index (χ0) is 60.2. The highest BCUT2D eigenvalue weighted by molar-refractivity contribution is 9.10. The Balaban J connectivity index is 1.99. The third kappa shape index (κ3) is 16.6. The molecule has 2 fully saturated rings. The Morgan fingerprint density at radius 2 is 1.16 bits per heavy atom. The van der Waals surface area contributed by atoms with Crippen LogP contribution in [0.1, 0.15) is 126 Å². The van der Waals surface area contributed by atoms with Crippen molar-refractivity contribution in [3.05, 3.63) is 70.2 Å². The number of aliphatic hydroxyl groups is 1. The van der Waals surface area contributed by atoms with Crippen molar-refractivity contribution in [2.24, 2.45) is 29.6 Å². The zero-order valence-corrected chi connectivity index (χ0v) is 51.7. The van der Waals surface area contributed by atoms with Crippen LogP contribution in [0.25, 0.3) is 0 Å². The molecule has 2 heterocycles. The van der Waals surface area contributed by atoms with Crippen LogP contribution < -0.4 is 16.0 Å². The molecule has 20 heteroatoms. The number of cyclic esters (lactones) is 1. The molecule has 2 aliphatic rings. The molecule has 2 aliphatic heterocycles. The summed E-state index contributed by atoms with van der Waals surface area (Å²) in [6.07, 6.45) is 0.0321. The summed E-state index contributed by atoms with van der Waals surface area (Å²) in [4.78, 5) is 141. The number of ether oxygens (including phenoxy) is 1. The Morgan fingerprint density at radius 3 is 1.69 bits per heavy atom. The van der Waals surface area contributed by atoms with Crippen LogP contribution in [-0.4, -0.2) is 178 Å². The van der Waals surface area contributed by atoms with Gasteiger partial charge in [-0.1, -0.05) is 134 Å². The van der Waals surface area contributed by atoms with Crippen molar-refractivity contribution < 1.29 is 53.0 Å². The van der Waals surface area contributed by atoms with Gasteiger partial charge in [0.2, 0.25) is 41.4 Å². The number of rotatable bonds is 13. The summed E-state index contributed by atoms with van der Waals surface area (Å²) in [6.45, 7) is 20.6. The zero-order valence-electron chi connectivity index (χ0n) is 50.1. The number of likely N-dealkylation sites (N-methyl/N-ethyl adjacent to an activating group) is 4. The normalized spacial score (nSPS) is 26.3. The molecule has 0 aromatic heterocycles. The van der Waals surface area contributed by atoms with Crippen LogP contribution in [0.5, 0.6) is 0 Å². The first-order valence-electron chi connectivity index (χ1n) is 28.4. The van der Waals surface area contributed by atoms with E-state index in [0.29, 0.717) is 30.4 Å². The number of esters is 1. The number of carbonyl (C=O) groups is 9. The second-order valence-electron chi connectivity index (χ2n) is 23.8. The monoisotopic (exact) mass is 1180 g/mol. The van der Waals surface area contributed by atoms with Gasteiger partial charge in [0.15, 0.2) is 12.1 Å². The highest BCUT2D eigenvalue weighted by atomic mass is 79.9. The lowest BCUT2D eigenvalue weighted by molar-refractivity contribution is -0.177. The van der Waals surface area contributed by atoms with Crippen molar-refractivity contribution >= 4 is 69.2 Å². The van der Waals surface area contributed by atoms with Crippen LogP contribution >= 0.6 is 15.9 Å². The summed E-state index contributed by atoms with van der Waals surface area (Å²) in [5, 5.41) is 20.5. The summed E-state index contributed by atoms with van der Waals surface area (Å²) >= 11 is 3.54. The van der Waals surface area contributed by atoms with Crippen molar-refractivity contribution in [2.45, 2.75) is 188 Å². The molecule has 444 valence electrons. The number of nitrogens with one attached hydrogen (secondary N) is 3. The van der Waals surface area contributed by atoms with E-state index in [1.165, 1.54) is 61.6 Å². The lowest BCUT2D eigenvalue weighted by Crippen LogP contribution is -2.63. The predicted molar refractivity (Wildman–Crippen MR) is 309 cm³/mol. The fraction of sp³-hybridized carbons (Fsp3) is 0.650. The Labute approximate surface area is 483 Å². The van der Waals surface area contributed by atoms with E-state index < -0.39 is 137 Å². The summed E-state index contributed by atoms with van der Waals surface area (Å²) < 4.78 is 6.83. The second kappa shape index (κ2) is 29.2. The molecule has 2 aromatic rings. The van der Waals surface area contributed by atoms with Crippen LogP contribution in [0, 0.1) is 29.6 Å². The number of carbonyl (C=O) groups excluding carboxylic acids is 9. The molecule has 0 aliphatic carbocycles. The first-order valence-corrected chi connectivity index (χ1v) is 29.2. The molecule has 0 saturated carbocycles. The number of fused-ring (bicyclic) bond motifs is 1. The molecule has 0 spiro atoms. The van der Waals surface area contributed by atoms with E-state index >= 15 is 9.59 Å². The minimum atomic E-state index is -1.97. The molecule has 2 saturated heterocycles. The van der Waals surface area contributed by atoms with Crippen LogP contribution in [-0.2, 0) is 60.7 Å². The average molecular weight is 1180 g/mol. The molecule has 2 unspecified atom stereocenters. The number of hydrogen-bond acceptors (Lipinski definition) is 11. The van der Waals surface area contributed by atoms with E-state index in [2.05, 4.69) is 31.9 Å². The quantitative estimate of drug-likeness (QED) is 0.192. The van der Waals surface area contributed by atoms with Gasteiger partial charge < -0.3 is 50.3 Å². The average Bonchev–Trinajstić information content (AvgIpc) is 3.90. The summed E-state index contributed by atoms with van der Waals surface area (Å²) in [7, 11) is 5.66. The number of amides is 8. The topological polar surface area (TPSA) is 235 Å². The third-order valence-electron chi connectivity index (χ3n) is 15.9. The van der Waals surface area contributed by atoms with E-state index in [0.717, 1.165) is 9.37 Å². The molecule has 4 N–H and O–H groups in total. The Bertz CT molecular complexity index is 2500. The summed E-state index contributed by atoms with van der Waals surface area (Å²) in [5.74, 6) is -8.72. The van der Waals surface area contributed by atoms with Crippen LogP contribution in [0.15, 0.2) is 59.1 Å². The molecule has 4 rings (SSSR count). The van der Waals surface area contributed by atoms with Gasteiger partial charge in [-0.05, 0) is 86.5 Å². The van der Waals surface area contributed by atoms with Crippen molar-refractivity contribution in [3.63, 3.8) is 0 Å². The summed E-state index contributed by atoms with van der Waals surface area (Å²) in [6, 6.07) is 6.18. The molecule has 0 radical (unpaired) electrons. The molecule has 80 heavy (non-hydrogen) atoms. The van der Waals surface area contributed by atoms with E-state index in [9.17, 15) is 38.7 Å². The number of hydrogen-bond donors (Lipinski definition) is 4.